The molecule has 444 valence electrons. The Morgan fingerprint density at radius 1 is 0.421 bits per heavy atom. The summed E-state index contributed by atoms with van der Waals surface area (Å²) in [5.74, 6) is 1.19. The van der Waals surface area contributed by atoms with Gasteiger partial charge in [0.2, 0.25) is 0 Å². The highest BCUT2D eigenvalue weighted by Gasteiger charge is 2.35. The van der Waals surface area contributed by atoms with Crippen molar-refractivity contribution in [1.82, 2.24) is 0 Å². The van der Waals surface area contributed by atoms with E-state index in [4.69, 9.17) is 18.9 Å². The smallest absolute Gasteiger partial charge is 0.306 e. The molecule has 1 aliphatic carbocycles. The van der Waals surface area contributed by atoms with Gasteiger partial charge >= 0.3 is 23.9 Å². The minimum Gasteiger partial charge on any atom is -0.462 e. The largest absolute Gasteiger partial charge is 0.462 e. The van der Waals surface area contributed by atoms with Crippen molar-refractivity contribution in [2.75, 3.05) is 0 Å². The fraction of sp³-hybridized carbons (Fsp3) is 0.909. The Morgan fingerprint density at radius 3 is 1.17 bits per heavy atom. The number of cyclic esters (lactones) is 4. The summed E-state index contributed by atoms with van der Waals surface area (Å²) in [5.41, 5.74) is -0.137. The van der Waals surface area contributed by atoms with Crippen LogP contribution in [0.3, 0.4) is 0 Å². The van der Waals surface area contributed by atoms with E-state index < -0.39 is 0 Å². The molecule has 5 aliphatic rings. The lowest BCUT2D eigenvalue weighted by Gasteiger charge is -2.22. The van der Waals surface area contributed by atoms with Crippen LogP contribution in [0.2, 0.25) is 0 Å². The van der Waals surface area contributed by atoms with E-state index in [1.54, 1.807) is 6.92 Å². The summed E-state index contributed by atoms with van der Waals surface area (Å²) in [6.45, 7) is 14.8. The number of ether oxygens (including phenoxy) is 4. The predicted octanol–water partition coefficient (Wildman–Crippen LogP) is 18.9. The third kappa shape index (κ3) is 39.6. The maximum atomic E-state index is 11.6. The quantitative estimate of drug-likeness (QED) is 0.0336. The molecule has 0 aromatic rings. The van der Waals surface area contributed by atoms with Gasteiger partial charge in [0, 0.05) is 44.4 Å². The van der Waals surface area contributed by atoms with Gasteiger partial charge in [-0.15, -0.1) is 0 Å². The molecule has 0 amide bonds. The number of esters is 4. The lowest BCUT2D eigenvalue weighted by atomic mass is 9.87. The second kappa shape index (κ2) is 48.2. The third-order valence-corrected chi connectivity index (χ3v) is 16.2. The van der Waals surface area contributed by atoms with Crippen LogP contribution in [0.4, 0.5) is 0 Å². The summed E-state index contributed by atoms with van der Waals surface area (Å²) in [7, 11) is 0. The fourth-order valence-corrected chi connectivity index (χ4v) is 11.3. The summed E-state index contributed by atoms with van der Waals surface area (Å²) < 4.78 is 21.0. The number of hydrogen-bond donors (Lipinski definition) is 0. The number of carbonyl (C=O) groups excluding carboxylic acids is 6. The lowest BCUT2D eigenvalue weighted by molar-refractivity contribution is -0.154. The van der Waals surface area contributed by atoms with Crippen molar-refractivity contribution >= 4 is 35.4 Å². The van der Waals surface area contributed by atoms with Gasteiger partial charge in [0.25, 0.3) is 0 Å². The molecule has 0 radical (unpaired) electrons. The van der Waals surface area contributed by atoms with E-state index in [9.17, 15) is 28.8 Å². The number of Topliss-reactive ketones (excluding diaryl/α,β-unsaturated/α-hetero) is 2. The van der Waals surface area contributed by atoms with Crippen molar-refractivity contribution in [3.63, 3.8) is 0 Å². The molecule has 0 spiro atoms. The number of rotatable bonds is 37. The molecule has 4 heterocycles. The maximum absolute atomic E-state index is 11.6. The molecule has 10 heteroatoms. The Morgan fingerprint density at radius 2 is 0.789 bits per heavy atom. The van der Waals surface area contributed by atoms with E-state index in [1.165, 1.54) is 186 Å². The minimum absolute atomic E-state index is 0.000910. The van der Waals surface area contributed by atoms with E-state index in [2.05, 4.69) is 41.5 Å². The molecule has 0 aromatic heterocycles. The molecule has 0 aromatic carbocycles. The van der Waals surface area contributed by atoms with Crippen LogP contribution >= 0.6 is 0 Å². The average Bonchev–Trinajstić information content (AvgIpc) is 4.19. The molecule has 0 N–H and O–H groups in total. The van der Waals surface area contributed by atoms with Crippen molar-refractivity contribution in [3.05, 3.63) is 0 Å². The molecule has 1 saturated carbocycles. The monoisotopic (exact) mass is 1070 g/mol. The van der Waals surface area contributed by atoms with Crippen LogP contribution in [0.5, 0.6) is 0 Å². The van der Waals surface area contributed by atoms with Gasteiger partial charge in [-0.3, -0.25) is 24.0 Å². The van der Waals surface area contributed by atoms with Gasteiger partial charge < -0.3 is 23.7 Å². The highest BCUT2D eigenvalue weighted by Crippen LogP contribution is 2.35. The van der Waals surface area contributed by atoms with Crippen LogP contribution < -0.4 is 0 Å². The van der Waals surface area contributed by atoms with E-state index in [0.717, 1.165) is 77.0 Å². The molecule has 5 fully saturated rings. The average molecular weight is 1070 g/mol. The normalized spacial score (nSPS) is 22.7. The van der Waals surface area contributed by atoms with Gasteiger partial charge in [0.15, 0.2) is 0 Å². The topological polar surface area (TPSA) is 139 Å². The molecule has 4 saturated heterocycles. The van der Waals surface area contributed by atoms with Gasteiger partial charge in [0.05, 0.1) is 0 Å². The standard InChI is InChI=1S/2C14H26O2.C13H22O2.C13H24O2.C12H22O2/c1-2-3-4-5-6-7-8-10-13-11-9-12-14(15)16-13;1-2-3-4-5-6-7-8-9-10-13-11-12-14(15)16-13;1-3-4-5-6-12-11(9-10(2)14)7-8-13(12)15;1-3-4-5-6-7-8-10-13(2)11-9-12(14)15-13;1-2-3-4-5-6-7-8-11-9-10-12(13)14-11/h2*13H,2-12H2,1H3;11-12H,3-9H2,1-2H3;3-11H2,1-2H3;11H,2-10H2,1H3. The zero-order chi connectivity index (χ0) is 55.9. The second-order valence-electron chi connectivity index (χ2n) is 23.8. The van der Waals surface area contributed by atoms with Crippen LogP contribution in [0, 0.1) is 11.8 Å². The van der Waals surface area contributed by atoms with Crippen molar-refractivity contribution in [2.24, 2.45) is 11.8 Å². The van der Waals surface area contributed by atoms with Crippen LogP contribution in [-0.2, 0) is 47.7 Å². The van der Waals surface area contributed by atoms with Crippen molar-refractivity contribution in [3.8, 4) is 0 Å². The Balaban J connectivity index is 0.000000475. The zero-order valence-corrected chi connectivity index (χ0v) is 50.7. The Labute approximate surface area is 467 Å². The Hall–Kier alpha value is -2.78. The first-order valence-electron chi connectivity index (χ1n) is 32.6. The first-order chi connectivity index (χ1) is 36.8. The highest BCUT2D eigenvalue weighted by atomic mass is 16.6. The first kappa shape index (κ1) is 71.2. The SMILES string of the molecule is CCCCCC1C(=O)CCC1CC(C)=O.CCCCCCCCC1(C)CCC(=O)O1.CCCCCCCCC1CCC(=O)O1.CCCCCCCCCC1CCCC(=O)O1.CCCCCCCCCCC1CCC(=O)O1. The molecule has 6 atom stereocenters. The summed E-state index contributed by atoms with van der Waals surface area (Å²) in [6, 6.07) is 0. The van der Waals surface area contributed by atoms with Gasteiger partial charge in [-0.1, -0.05) is 202 Å². The number of hydrogen-bond acceptors (Lipinski definition) is 10. The second-order valence-corrected chi connectivity index (χ2v) is 23.8. The molecule has 76 heavy (non-hydrogen) atoms. The highest BCUT2D eigenvalue weighted by molar-refractivity contribution is 5.85. The van der Waals surface area contributed by atoms with Gasteiger partial charge in [-0.05, 0) is 116 Å². The molecular formula is C66H120O10. The van der Waals surface area contributed by atoms with Crippen molar-refractivity contribution in [1.29, 1.82) is 0 Å². The first-order valence-corrected chi connectivity index (χ1v) is 32.6. The number of unbranched alkanes of at least 4 members (excludes halogenated alkanes) is 25. The maximum Gasteiger partial charge on any atom is 0.306 e. The molecule has 10 nitrogen and oxygen atoms in total. The van der Waals surface area contributed by atoms with Crippen LogP contribution in [-0.4, -0.2) is 59.4 Å². The Bertz CT molecular complexity index is 1480. The van der Waals surface area contributed by atoms with E-state index in [-0.39, 0.29) is 59.5 Å². The minimum atomic E-state index is -0.137. The summed E-state index contributed by atoms with van der Waals surface area (Å²) in [5, 5.41) is 0. The Kier molecular flexibility index (Phi) is 45.1. The van der Waals surface area contributed by atoms with Crippen molar-refractivity contribution < 1.29 is 47.7 Å². The van der Waals surface area contributed by atoms with Crippen LogP contribution in [0.25, 0.3) is 0 Å². The van der Waals surface area contributed by atoms with Crippen LogP contribution in [0.15, 0.2) is 0 Å². The number of ketones is 2. The third-order valence-electron chi connectivity index (χ3n) is 16.2. The fourth-order valence-electron chi connectivity index (χ4n) is 11.3. The van der Waals surface area contributed by atoms with Gasteiger partial charge in [-0.25, -0.2) is 0 Å². The molecule has 4 aliphatic heterocycles. The number of carbonyl (C=O) groups is 6. The molecule has 5 rings (SSSR count). The zero-order valence-electron chi connectivity index (χ0n) is 50.7. The molecular weight excluding hydrogens is 953 g/mol. The van der Waals surface area contributed by atoms with Gasteiger partial charge in [0.1, 0.15) is 35.5 Å². The lowest BCUT2D eigenvalue weighted by Crippen LogP contribution is -2.23. The van der Waals surface area contributed by atoms with Gasteiger partial charge in [-0.2, -0.15) is 0 Å². The summed E-state index contributed by atoms with van der Waals surface area (Å²) in [6.07, 6.45) is 55.1. The van der Waals surface area contributed by atoms with E-state index in [1.807, 2.05) is 0 Å². The van der Waals surface area contributed by atoms with E-state index >= 15 is 0 Å². The summed E-state index contributed by atoms with van der Waals surface area (Å²) >= 11 is 0. The molecule has 6 unspecified atom stereocenters. The predicted molar refractivity (Wildman–Crippen MR) is 312 cm³/mol. The van der Waals surface area contributed by atoms with E-state index in [0.29, 0.717) is 50.2 Å². The molecule has 0 bridgehead atoms. The van der Waals surface area contributed by atoms with Crippen LogP contribution in [0.1, 0.15) is 350 Å². The summed E-state index contributed by atoms with van der Waals surface area (Å²) in [4.78, 5) is 66.5. The van der Waals surface area contributed by atoms with Crippen molar-refractivity contribution in [2.45, 2.75) is 374 Å².